The molecule has 41 heavy (non-hydrogen) atoms. The summed E-state index contributed by atoms with van der Waals surface area (Å²) in [5.74, 6) is 1.47. The molecule has 1 aliphatic carbocycles. The molecule has 1 amide bonds. The van der Waals surface area contributed by atoms with Crippen molar-refractivity contribution < 1.29 is 4.79 Å². The van der Waals surface area contributed by atoms with Crippen LogP contribution in [0.1, 0.15) is 31.2 Å². The zero-order chi connectivity index (χ0) is 27.8. The van der Waals surface area contributed by atoms with E-state index in [1.165, 1.54) is 5.56 Å². The van der Waals surface area contributed by atoms with Gasteiger partial charge in [-0.3, -0.25) is 14.6 Å². The van der Waals surface area contributed by atoms with Gasteiger partial charge >= 0.3 is 0 Å². The van der Waals surface area contributed by atoms with Gasteiger partial charge in [-0.15, -0.1) is 0 Å². The van der Waals surface area contributed by atoms with Gasteiger partial charge in [0.05, 0.1) is 12.0 Å². The predicted molar refractivity (Wildman–Crippen MR) is 156 cm³/mol. The maximum absolute atomic E-state index is 13.4. The second kappa shape index (κ2) is 10.7. The minimum absolute atomic E-state index is 0.0732. The van der Waals surface area contributed by atoms with Gasteiger partial charge in [0.2, 0.25) is 11.9 Å². The third-order valence-electron chi connectivity index (χ3n) is 9.08. The van der Waals surface area contributed by atoms with Crippen molar-refractivity contribution in [2.45, 2.75) is 43.8 Å². The number of benzene rings is 1. The number of carbonyl (C=O) groups excluding carboxylic acids is 1. The van der Waals surface area contributed by atoms with E-state index in [9.17, 15) is 10.1 Å². The minimum atomic E-state index is -0.352. The van der Waals surface area contributed by atoms with Crippen molar-refractivity contribution in [3.63, 3.8) is 0 Å². The van der Waals surface area contributed by atoms with Crippen LogP contribution in [-0.4, -0.2) is 81.5 Å². The van der Waals surface area contributed by atoms with Crippen molar-refractivity contribution in [1.29, 1.82) is 5.26 Å². The van der Waals surface area contributed by atoms with Crippen LogP contribution in [0.5, 0.6) is 0 Å². The highest BCUT2D eigenvalue weighted by atomic mass is 16.2. The second-order valence-corrected chi connectivity index (χ2v) is 11.7. The molecule has 8 bridgehead atoms. The number of nitrogens with zero attached hydrogens (tertiary/aromatic N) is 7. The van der Waals surface area contributed by atoms with Crippen LogP contribution >= 0.6 is 0 Å². The molecule has 1 spiro atoms. The summed E-state index contributed by atoms with van der Waals surface area (Å²) < 4.78 is 0. The van der Waals surface area contributed by atoms with Crippen LogP contribution in [0.25, 0.3) is 11.1 Å². The Morgan fingerprint density at radius 2 is 1.83 bits per heavy atom. The van der Waals surface area contributed by atoms with E-state index >= 15 is 0 Å². The third kappa shape index (κ3) is 5.23. The van der Waals surface area contributed by atoms with Crippen LogP contribution in [0.3, 0.4) is 0 Å². The van der Waals surface area contributed by atoms with E-state index in [1.807, 2.05) is 24.5 Å². The molecule has 7 aliphatic rings. The highest BCUT2D eigenvalue weighted by molar-refractivity contribution is 5.89. The van der Waals surface area contributed by atoms with E-state index < -0.39 is 0 Å². The highest BCUT2D eigenvalue weighted by Crippen LogP contribution is 2.42. The summed E-state index contributed by atoms with van der Waals surface area (Å²) >= 11 is 0. The number of amides is 1. The van der Waals surface area contributed by atoms with Crippen molar-refractivity contribution in [1.82, 2.24) is 30.1 Å². The van der Waals surface area contributed by atoms with Crippen LogP contribution in [0.15, 0.2) is 55.0 Å². The fraction of sp³-hybridized carbons (Fsp3) is 0.452. The zero-order valence-corrected chi connectivity index (χ0v) is 23.2. The lowest BCUT2D eigenvalue weighted by Gasteiger charge is -2.39. The van der Waals surface area contributed by atoms with Gasteiger partial charge in [-0.05, 0) is 61.1 Å². The van der Waals surface area contributed by atoms with Gasteiger partial charge < -0.3 is 15.5 Å². The van der Waals surface area contributed by atoms with Gasteiger partial charge in [0.25, 0.3) is 0 Å². The van der Waals surface area contributed by atoms with E-state index in [2.05, 4.69) is 60.7 Å². The molecule has 2 atom stereocenters. The minimum Gasteiger partial charge on any atom is -0.354 e. The molecule has 2 unspecified atom stereocenters. The van der Waals surface area contributed by atoms with Crippen molar-refractivity contribution in [2.75, 3.05) is 49.5 Å². The summed E-state index contributed by atoms with van der Waals surface area (Å²) in [4.78, 5) is 34.4. The Morgan fingerprint density at radius 1 is 1.00 bits per heavy atom. The molecule has 2 N–H and O–H groups in total. The fourth-order valence-corrected chi connectivity index (χ4v) is 6.64. The SMILES string of the molecule is N#CC1CC2CCNC(=O)C3(CC3)N3CCN(CC3)Cc3cccc(c3)Nc3cc(ccn3)-c3cnc(nc3)N2C1. The summed E-state index contributed by atoms with van der Waals surface area (Å²) in [5, 5.41) is 16.4. The first-order valence-corrected chi connectivity index (χ1v) is 14.7. The normalized spacial score (nSPS) is 27.0. The smallest absolute Gasteiger partial charge is 0.240 e. The number of pyridine rings is 1. The van der Waals surface area contributed by atoms with Gasteiger partial charge in [0, 0.05) is 81.7 Å². The van der Waals surface area contributed by atoms with Crippen LogP contribution < -0.4 is 15.5 Å². The average Bonchev–Trinajstić information content (AvgIpc) is 3.71. The lowest BCUT2D eigenvalue weighted by molar-refractivity contribution is -0.129. The Labute approximate surface area is 240 Å². The average molecular weight is 550 g/mol. The van der Waals surface area contributed by atoms with Crippen LogP contribution in [0, 0.1) is 17.2 Å². The highest BCUT2D eigenvalue weighted by Gasteiger charge is 2.54. The number of piperazine rings is 1. The number of carbonyl (C=O) groups is 1. The van der Waals surface area contributed by atoms with Crippen molar-refractivity contribution in [2.24, 2.45) is 5.92 Å². The topological polar surface area (TPSA) is 113 Å². The maximum atomic E-state index is 13.4. The summed E-state index contributed by atoms with van der Waals surface area (Å²) in [7, 11) is 0. The van der Waals surface area contributed by atoms with Crippen LogP contribution in [0.4, 0.5) is 17.5 Å². The molecule has 0 radical (unpaired) electrons. The van der Waals surface area contributed by atoms with E-state index in [0.717, 1.165) is 81.0 Å². The largest absolute Gasteiger partial charge is 0.354 e. The van der Waals surface area contributed by atoms with Crippen LogP contribution in [0.2, 0.25) is 0 Å². The monoisotopic (exact) mass is 549 g/mol. The number of anilines is 3. The lowest BCUT2D eigenvalue weighted by atomic mass is 10.1. The van der Waals surface area contributed by atoms with E-state index in [1.54, 1.807) is 6.20 Å². The first kappa shape index (κ1) is 25.9. The Kier molecular flexibility index (Phi) is 6.77. The van der Waals surface area contributed by atoms with Gasteiger partial charge in [0.1, 0.15) is 11.4 Å². The molecular formula is C31H35N9O. The number of nitriles is 1. The number of rotatable bonds is 0. The molecule has 3 fully saturated rings. The number of hydrogen-bond donors (Lipinski definition) is 2. The molecule has 2 aromatic heterocycles. The third-order valence-corrected chi connectivity index (χ3v) is 9.08. The van der Waals surface area contributed by atoms with Gasteiger partial charge in [-0.1, -0.05) is 12.1 Å². The van der Waals surface area contributed by atoms with Crippen molar-refractivity contribution in [3.8, 4) is 17.2 Å². The van der Waals surface area contributed by atoms with Gasteiger partial charge in [-0.25, -0.2) is 15.0 Å². The zero-order valence-electron chi connectivity index (χ0n) is 23.2. The Balaban J connectivity index is 1.18. The number of hydrogen-bond acceptors (Lipinski definition) is 9. The quantitative estimate of drug-likeness (QED) is 0.437. The standard InChI is InChI=1S/C31H35N9O/c32-17-23-15-27-5-9-34-29(41)31(6-7-31)39-12-10-38(11-13-39)20-22-2-1-3-26(14-22)37-28-16-24(4-8-33-28)25-18-35-30(36-19-25)40(27)21-23/h1-4,8,14,16,18-19,23,27H,5-7,9-13,15,20-21H2,(H,33,37)(H,34,41). The van der Waals surface area contributed by atoms with Crippen molar-refractivity contribution >= 4 is 23.4 Å². The van der Waals surface area contributed by atoms with E-state index in [4.69, 9.17) is 9.97 Å². The van der Waals surface area contributed by atoms with Crippen molar-refractivity contribution in [3.05, 3.63) is 60.6 Å². The lowest BCUT2D eigenvalue weighted by Crippen LogP contribution is -2.56. The summed E-state index contributed by atoms with van der Waals surface area (Å²) in [5.41, 5.74) is 3.78. The fourth-order valence-electron chi connectivity index (χ4n) is 6.64. The molecule has 3 aromatic rings. The van der Waals surface area contributed by atoms with Gasteiger partial charge in [0.15, 0.2) is 0 Å². The molecule has 10 rings (SSSR count). The summed E-state index contributed by atoms with van der Waals surface area (Å²) in [6.45, 7) is 5.75. The molecule has 210 valence electrons. The number of nitrogens with one attached hydrogen (secondary N) is 2. The maximum Gasteiger partial charge on any atom is 0.240 e. The molecule has 1 saturated carbocycles. The Bertz CT molecular complexity index is 1460. The molecule has 10 nitrogen and oxygen atoms in total. The summed E-state index contributed by atoms with van der Waals surface area (Å²) in [6, 6.07) is 15.0. The van der Waals surface area contributed by atoms with Crippen LogP contribution in [-0.2, 0) is 11.3 Å². The molecule has 2 saturated heterocycles. The van der Waals surface area contributed by atoms with E-state index in [0.29, 0.717) is 19.0 Å². The number of aromatic nitrogens is 3. The molecular weight excluding hydrogens is 514 g/mol. The summed E-state index contributed by atoms with van der Waals surface area (Å²) in [6.07, 6.45) is 8.84. The Hall–Kier alpha value is -4.07. The first-order valence-electron chi connectivity index (χ1n) is 14.7. The molecule has 1 aromatic carbocycles. The molecule has 10 heteroatoms. The van der Waals surface area contributed by atoms with Gasteiger partial charge in [-0.2, -0.15) is 5.26 Å². The first-order chi connectivity index (χ1) is 20.1. The molecule has 6 aliphatic heterocycles. The second-order valence-electron chi connectivity index (χ2n) is 11.7. The molecule has 8 heterocycles. The predicted octanol–water partition coefficient (Wildman–Crippen LogP) is 3.17. The van der Waals surface area contributed by atoms with E-state index in [-0.39, 0.29) is 23.4 Å². The Morgan fingerprint density at radius 3 is 2.61 bits per heavy atom.